The second-order valence-electron chi connectivity index (χ2n) is 4.32. The number of rotatable bonds is 2. The van der Waals surface area contributed by atoms with E-state index in [1.165, 1.54) is 0 Å². The molecule has 0 aromatic heterocycles. The van der Waals surface area contributed by atoms with Crippen molar-refractivity contribution in [2.45, 2.75) is 13.0 Å². The molecular weight excluding hydrogens is 294 g/mol. The normalized spacial score (nSPS) is 20.3. The zero-order valence-electron chi connectivity index (χ0n) is 10.3. The Morgan fingerprint density at radius 3 is 3.00 bits per heavy atom. The van der Waals surface area contributed by atoms with Gasteiger partial charge >= 0.3 is 0 Å². The van der Waals surface area contributed by atoms with E-state index in [4.69, 9.17) is 4.74 Å². The van der Waals surface area contributed by atoms with Crippen molar-refractivity contribution in [1.29, 1.82) is 0 Å². The van der Waals surface area contributed by atoms with Crippen molar-refractivity contribution in [2.24, 2.45) is 0 Å². The van der Waals surface area contributed by atoms with E-state index >= 15 is 0 Å². The zero-order valence-corrected chi connectivity index (χ0v) is 11.9. The average molecular weight is 310 g/mol. The Bertz CT molecular complexity index is 459. The molecule has 96 valence electrons. The number of carbonyl (C=O) groups is 1. The Morgan fingerprint density at radius 1 is 1.50 bits per heavy atom. The van der Waals surface area contributed by atoms with Crippen LogP contribution in [0.25, 0.3) is 6.08 Å². The van der Waals surface area contributed by atoms with Gasteiger partial charge in [0.1, 0.15) is 0 Å². The lowest BCUT2D eigenvalue weighted by Gasteiger charge is -2.30. The van der Waals surface area contributed by atoms with Crippen LogP contribution in [0.15, 0.2) is 34.8 Å². The van der Waals surface area contributed by atoms with E-state index in [-0.39, 0.29) is 12.0 Å². The monoisotopic (exact) mass is 309 g/mol. The predicted octanol–water partition coefficient (Wildman–Crippen LogP) is 2.71. The minimum absolute atomic E-state index is 0.0425. The Hall–Kier alpha value is -1.13. The number of morpholine rings is 1. The van der Waals surface area contributed by atoms with Crippen LogP contribution in [0.1, 0.15) is 12.5 Å². The molecule has 1 aliphatic rings. The summed E-state index contributed by atoms with van der Waals surface area (Å²) in [6, 6.07) is 7.83. The molecule has 1 unspecified atom stereocenters. The Kier molecular flexibility index (Phi) is 4.55. The first-order chi connectivity index (χ1) is 8.66. The predicted molar refractivity (Wildman–Crippen MR) is 75.2 cm³/mol. The lowest BCUT2D eigenvalue weighted by Crippen LogP contribution is -2.43. The first-order valence-electron chi connectivity index (χ1n) is 6.00. The highest BCUT2D eigenvalue weighted by Crippen LogP contribution is 2.17. The zero-order chi connectivity index (χ0) is 13.0. The summed E-state index contributed by atoms with van der Waals surface area (Å²) in [7, 11) is 0. The van der Waals surface area contributed by atoms with Gasteiger partial charge < -0.3 is 9.64 Å². The van der Waals surface area contributed by atoms with Crippen LogP contribution in [0.4, 0.5) is 0 Å². The maximum absolute atomic E-state index is 12.0. The van der Waals surface area contributed by atoms with Crippen LogP contribution >= 0.6 is 15.9 Å². The van der Waals surface area contributed by atoms with Gasteiger partial charge in [0.05, 0.1) is 12.7 Å². The van der Waals surface area contributed by atoms with E-state index in [1.54, 1.807) is 6.08 Å². The van der Waals surface area contributed by atoms with E-state index in [9.17, 15) is 4.79 Å². The van der Waals surface area contributed by atoms with Crippen molar-refractivity contribution >= 4 is 27.9 Å². The van der Waals surface area contributed by atoms with Gasteiger partial charge in [0.25, 0.3) is 0 Å². The van der Waals surface area contributed by atoms with Crippen LogP contribution in [0.5, 0.6) is 0 Å². The molecule has 1 saturated heterocycles. The van der Waals surface area contributed by atoms with E-state index in [1.807, 2.05) is 42.2 Å². The molecule has 1 aromatic carbocycles. The van der Waals surface area contributed by atoms with Crippen LogP contribution in [-0.2, 0) is 9.53 Å². The molecule has 1 amide bonds. The van der Waals surface area contributed by atoms with Gasteiger partial charge in [0, 0.05) is 23.6 Å². The SMILES string of the molecule is CC1CN(C(=O)/C=C/c2ccccc2Br)CCO1. The van der Waals surface area contributed by atoms with Crippen LogP contribution in [0.3, 0.4) is 0 Å². The number of amides is 1. The van der Waals surface area contributed by atoms with Gasteiger partial charge in [0.15, 0.2) is 0 Å². The molecule has 0 radical (unpaired) electrons. The maximum Gasteiger partial charge on any atom is 0.246 e. The van der Waals surface area contributed by atoms with Crippen molar-refractivity contribution in [1.82, 2.24) is 4.90 Å². The number of halogens is 1. The number of carbonyl (C=O) groups excluding carboxylic acids is 1. The first kappa shape index (κ1) is 13.3. The highest BCUT2D eigenvalue weighted by molar-refractivity contribution is 9.10. The Balaban J connectivity index is 2.01. The fraction of sp³-hybridized carbons (Fsp3) is 0.357. The summed E-state index contributed by atoms with van der Waals surface area (Å²) in [6.07, 6.45) is 3.59. The summed E-state index contributed by atoms with van der Waals surface area (Å²) < 4.78 is 6.40. The largest absolute Gasteiger partial charge is 0.375 e. The average Bonchev–Trinajstić information content (AvgIpc) is 2.37. The fourth-order valence-electron chi connectivity index (χ4n) is 1.90. The van der Waals surface area contributed by atoms with Crippen molar-refractivity contribution in [3.8, 4) is 0 Å². The quantitative estimate of drug-likeness (QED) is 0.786. The van der Waals surface area contributed by atoms with Crippen LogP contribution in [0.2, 0.25) is 0 Å². The summed E-state index contributed by atoms with van der Waals surface area (Å²) in [4.78, 5) is 13.8. The molecule has 0 spiro atoms. The standard InChI is InChI=1S/C14H16BrNO2/c1-11-10-16(8-9-18-11)14(17)7-6-12-4-2-3-5-13(12)15/h2-7,11H,8-10H2,1H3/b7-6+. The Labute approximate surface area is 116 Å². The van der Waals surface area contributed by atoms with Crippen molar-refractivity contribution in [3.63, 3.8) is 0 Å². The van der Waals surface area contributed by atoms with Gasteiger partial charge in [-0.05, 0) is 24.6 Å². The van der Waals surface area contributed by atoms with E-state index in [2.05, 4.69) is 15.9 Å². The van der Waals surface area contributed by atoms with E-state index < -0.39 is 0 Å². The molecule has 18 heavy (non-hydrogen) atoms. The minimum Gasteiger partial charge on any atom is -0.375 e. The molecule has 1 aliphatic heterocycles. The highest BCUT2D eigenvalue weighted by Gasteiger charge is 2.19. The molecule has 1 heterocycles. The number of hydrogen-bond acceptors (Lipinski definition) is 2. The van der Waals surface area contributed by atoms with Gasteiger partial charge in [0.2, 0.25) is 5.91 Å². The lowest BCUT2D eigenvalue weighted by molar-refractivity contribution is -0.132. The molecule has 1 aromatic rings. The summed E-state index contributed by atoms with van der Waals surface area (Å²) in [5.41, 5.74) is 1.01. The summed E-state index contributed by atoms with van der Waals surface area (Å²) >= 11 is 3.46. The molecule has 0 N–H and O–H groups in total. The number of benzene rings is 1. The molecule has 4 heteroatoms. The van der Waals surface area contributed by atoms with Crippen molar-refractivity contribution in [3.05, 3.63) is 40.4 Å². The van der Waals surface area contributed by atoms with Gasteiger partial charge in [-0.3, -0.25) is 4.79 Å². The number of nitrogens with zero attached hydrogens (tertiary/aromatic N) is 1. The van der Waals surface area contributed by atoms with Gasteiger partial charge in [-0.15, -0.1) is 0 Å². The summed E-state index contributed by atoms with van der Waals surface area (Å²) in [5.74, 6) is 0.0425. The molecule has 1 atom stereocenters. The van der Waals surface area contributed by atoms with Crippen LogP contribution < -0.4 is 0 Å². The van der Waals surface area contributed by atoms with E-state index in [0.29, 0.717) is 19.7 Å². The molecule has 0 aliphatic carbocycles. The second-order valence-corrected chi connectivity index (χ2v) is 5.17. The lowest BCUT2D eigenvalue weighted by atomic mass is 10.2. The molecule has 2 rings (SSSR count). The molecule has 0 saturated carbocycles. The number of ether oxygens (including phenoxy) is 1. The topological polar surface area (TPSA) is 29.5 Å². The fourth-order valence-corrected chi connectivity index (χ4v) is 2.31. The van der Waals surface area contributed by atoms with E-state index in [0.717, 1.165) is 10.0 Å². The smallest absolute Gasteiger partial charge is 0.246 e. The Morgan fingerprint density at radius 2 is 2.28 bits per heavy atom. The summed E-state index contributed by atoms with van der Waals surface area (Å²) in [5, 5.41) is 0. The minimum atomic E-state index is 0.0425. The third-order valence-electron chi connectivity index (χ3n) is 2.86. The van der Waals surface area contributed by atoms with Gasteiger partial charge in [-0.25, -0.2) is 0 Å². The second kappa shape index (κ2) is 6.16. The molecule has 1 fully saturated rings. The van der Waals surface area contributed by atoms with Gasteiger partial charge in [-0.1, -0.05) is 34.1 Å². The van der Waals surface area contributed by atoms with Crippen molar-refractivity contribution in [2.75, 3.05) is 19.7 Å². The van der Waals surface area contributed by atoms with Gasteiger partial charge in [-0.2, -0.15) is 0 Å². The first-order valence-corrected chi connectivity index (χ1v) is 6.79. The third kappa shape index (κ3) is 3.43. The van der Waals surface area contributed by atoms with Crippen molar-refractivity contribution < 1.29 is 9.53 Å². The van der Waals surface area contributed by atoms with Crippen LogP contribution in [-0.4, -0.2) is 36.6 Å². The highest BCUT2D eigenvalue weighted by atomic mass is 79.9. The third-order valence-corrected chi connectivity index (χ3v) is 3.59. The summed E-state index contributed by atoms with van der Waals surface area (Å²) in [6.45, 7) is 3.94. The number of hydrogen-bond donors (Lipinski definition) is 0. The molecular formula is C14H16BrNO2. The molecule has 3 nitrogen and oxygen atoms in total. The maximum atomic E-state index is 12.0. The van der Waals surface area contributed by atoms with Crippen LogP contribution in [0, 0.1) is 0 Å². The molecule has 0 bridgehead atoms.